The first-order valence-electron chi connectivity index (χ1n) is 7.92. The lowest BCUT2D eigenvalue weighted by Gasteiger charge is -2.13. The van der Waals surface area contributed by atoms with Gasteiger partial charge in [0, 0.05) is 18.0 Å². The topological polar surface area (TPSA) is 15.6 Å². The summed E-state index contributed by atoms with van der Waals surface area (Å²) in [5.74, 6) is 0. The van der Waals surface area contributed by atoms with Gasteiger partial charge in [0.15, 0.2) is 0 Å². The summed E-state index contributed by atoms with van der Waals surface area (Å²) in [7, 11) is 4.18. The van der Waals surface area contributed by atoms with Gasteiger partial charge in [0.05, 0.1) is 5.71 Å². The van der Waals surface area contributed by atoms with Crippen molar-refractivity contribution < 1.29 is 0 Å². The van der Waals surface area contributed by atoms with Crippen LogP contribution in [0.5, 0.6) is 0 Å². The molecule has 23 heavy (non-hydrogen) atoms. The van der Waals surface area contributed by atoms with Crippen molar-refractivity contribution in [1.82, 2.24) is 4.90 Å². The second kappa shape index (κ2) is 10.6. The number of hydrogen-bond donors (Lipinski definition) is 0. The van der Waals surface area contributed by atoms with Crippen LogP contribution in [0.25, 0.3) is 0 Å². The first kappa shape index (κ1) is 20.0. The van der Waals surface area contributed by atoms with Crippen molar-refractivity contribution in [2.75, 3.05) is 27.2 Å². The predicted molar refractivity (Wildman–Crippen MR) is 104 cm³/mol. The Kier molecular flexibility index (Phi) is 9.23. The Morgan fingerprint density at radius 1 is 1.09 bits per heavy atom. The summed E-state index contributed by atoms with van der Waals surface area (Å²) >= 11 is 6.28. The number of benzene rings is 1. The zero-order chi connectivity index (χ0) is 15.8. The highest BCUT2D eigenvalue weighted by Gasteiger charge is 2.09. The Morgan fingerprint density at radius 2 is 1.83 bits per heavy atom. The summed E-state index contributed by atoms with van der Waals surface area (Å²) < 4.78 is 0. The molecule has 126 valence electrons. The zero-order valence-electron chi connectivity index (χ0n) is 14.0. The molecule has 0 N–H and O–H groups in total. The number of rotatable bonds is 7. The van der Waals surface area contributed by atoms with Gasteiger partial charge in [-0.1, -0.05) is 47.5 Å². The van der Waals surface area contributed by atoms with Crippen LogP contribution in [0.3, 0.4) is 0 Å². The van der Waals surface area contributed by atoms with Gasteiger partial charge in [0.1, 0.15) is 0 Å². The van der Waals surface area contributed by atoms with E-state index in [9.17, 15) is 0 Å². The molecule has 0 aliphatic heterocycles. The van der Waals surface area contributed by atoms with E-state index in [0.29, 0.717) is 0 Å². The molecule has 1 aromatic rings. The lowest BCUT2D eigenvalue weighted by Crippen LogP contribution is -2.14. The Morgan fingerprint density at radius 3 is 2.52 bits per heavy atom. The van der Waals surface area contributed by atoms with Crippen LogP contribution in [-0.4, -0.2) is 37.8 Å². The number of halogens is 2. The van der Waals surface area contributed by atoms with Crippen molar-refractivity contribution in [3.8, 4) is 0 Å². The standard InChI is InChI=1S/C19H25ClN2.ClH/c1-22(2)12-6-11-21-19-14-17(13-18(20)15-19)10-9-16-7-4-3-5-8-16;/h3-5,7-8,14-15H,6,9-13H2,1-2H3;1H/b21-19+;. The summed E-state index contributed by atoms with van der Waals surface area (Å²) in [6.45, 7) is 1.93. The van der Waals surface area contributed by atoms with Gasteiger partial charge >= 0.3 is 0 Å². The molecule has 1 aromatic carbocycles. The van der Waals surface area contributed by atoms with E-state index < -0.39 is 0 Å². The number of hydrogen-bond acceptors (Lipinski definition) is 2. The summed E-state index contributed by atoms with van der Waals surface area (Å²) in [4.78, 5) is 6.85. The van der Waals surface area contributed by atoms with E-state index in [1.54, 1.807) is 0 Å². The van der Waals surface area contributed by atoms with E-state index in [2.05, 4.69) is 60.4 Å². The fourth-order valence-electron chi connectivity index (χ4n) is 2.53. The van der Waals surface area contributed by atoms with Crippen LogP contribution < -0.4 is 0 Å². The molecule has 0 saturated carbocycles. The Labute approximate surface area is 151 Å². The van der Waals surface area contributed by atoms with Gasteiger partial charge in [0.2, 0.25) is 0 Å². The summed E-state index contributed by atoms with van der Waals surface area (Å²) in [5, 5.41) is 0.900. The molecule has 2 nitrogen and oxygen atoms in total. The largest absolute Gasteiger partial charge is 0.309 e. The quantitative estimate of drug-likeness (QED) is 0.638. The van der Waals surface area contributed by atoms with E-state index in [-0.39, 0.29) is 12.4 Å². The summed E-state index contributed by atoms with van der Waals surface area (Å²) in [6, 6.07) is 10.6. The molecule has 0 radical (unpaired) electrons. The monoisotopic (exact) mass is 352 g/mol. The van der Waals surface area contributed by atoms with Crippen LogP contribution in [-0.2, 0) is 6.42 Å². The fraction of sp³-hybridized carbons (Fsp3) is 0.421. The second-order valence-electron chi connectivity index (χ2n) is 6.02. The second-order valence-corrected chi connectivity index (χ2v) is 6.51. The van der Waals surface area contributed by atoms with Gasteiger partial charge < -0.3 is 4.90 Å². The highest BCUT2D eigenvalue weighted by molar-refractivity contribution is 6.32. The molecular formula is C19H26Cl2N2. The summed E-state index contributed by atoms with van der Waals surface area (Å²) in [6.07, 6.45) is 8.27. The van der Waals surface area contributed by atoms with Crippen molar-refractivity contribution in [2.45, 2.75) is 25.7 Å². The van der Waals surface area contributed by atoms with E-state index >= 15 is 0 Å². The van der Waals surface area contributed by atoms with Gasteiger partial charge in [-0.15, -0.1) is 12.4 Å². The van der Waals surface area contributed by atoms with Crippen molar-refractivity contribution in [1.29, 1.82) is 0 Å². The minimum Gasteiger partial charge on any atom is -0.309 e. The molecule has 0 saturated heterocycles. The normalized spacial score (nSPS) is 16.1. The third kappa shape index (κ3) is 7.83. The number of nitrogens with zero attached hydrogens (tertiary/aromatic N) is 2. The molecule has 0 unspecified atom stereocenters. The van der Waals surface area contributed by atoms with Crippen LogP contribution in [0.15, 0.2) is 58.1 Å². The fourth-order valence-corrected chi connectivity index (χ4v) is 2.81. The Balaban J connectivity index is 0.00000264. The Bertz CT molecular complexity index is 560. The minimum atomic E-state index is 0. The third-order valence-corrected chi connectivity index (χ3v) is 3.93. The van der Waals surface area contributed by atoms with Gasteiger partial charge in [-0.3, -0.25) is 4.99 Å². The molecule has 0 atom stereocenters. The third-order valence-electron chi connectivity index (χ3n) is 3.69. The highest BCUT2D eigenvalue weighted by atomic mass is 35.5. The molecule has 2 rings (SSSR count). The molecule has 1 aliphatic carbocycles. The van der Waals surface area contributed by atoms with Crippen LogP contribution in [0, 0.1) is 0 Å². The first-order valence-corrected chi connectivity index (χ1v) is 8.30. The van der Waals surface area contributed by atoms with Crippen molar-refractivity contribution in [2.24, 2.45) is 4.99 Å². The molecule has 4 heteroatoms. The molecule has 0 aromatic heterocycles. The molecule has 1 aliphatic rings. The SMILES string of the molecule is CN(C)CCC/N=C1/C=C(Cl)CC(CCc2ccccc2)=C1.Cl. The molecule has 0 amide bonds. The van der Waals surface area contributed by atoms with Crippen molar-refractivity contribution in [3.05, 3.63) is 58.7 Å². The highest BCUT2D eigenvalue weighted by Crippen LogP contribution is 2.24. The predicted octanol–water partition coefficient (Wildman–Crippen LogP) is 4.89. The van der Waals surface area contributed by atoms with E-state index in [1.165, 1.54) is 11.1 Å². The summed E-state index contributed by atoms with van der Waals surface area (Å²) in [5.41, 5.74) is 3.78. The van der Waals surface area contributed by atoms with Gasteiger partial charge in [-0.25, -0.2) is 0 Å². The van der Waals surface area contributed by atoms with Crippen molar-refractivity contribution in [3.63, 3.8) is 0 Å². The average Bonchev–Trinajstić information content (AvgIpc) is 2.50. The van der Waals surface area contributed by atoms with E-state index in [1.807, 2.05) is 6.08 Å². The minimum absolute atomic E-state index is 0. The van der Waals surface area contributed by atoms with Gasteiger partial charge in [-0.05, 0) is 57.6 Å². The average molecular weight is 353 g/mol. The maximum absolute atomic E-state index is 6.28. The number of allylic oxidation sites excluding steroid dienone is 4. The molecule has 0 spiro atoms. The molecular weight excluding hydrogens is 327 g/mol. The van der Waals surface area contributed by atoms with E-state index in [4.69, 9.17) is 11.6 Å². The van der Waals surface area contributed by atoms with E-state index in [0.717, 1.165) is 49.5 Å². The van der Waals surface area contributed by atoms with Crippen LogP contribution in [0.2, 0.25) is 0 Å². The zero-order valence-corrected chi connectivity index (χ0v) is 15.5. The van der Waals surface area contributed by atoms with Gasteiger partial charge in [-0.2, -0.15) is 0 Å². The number of aliphatic imine (C=N–C) groups is 1. The first-order chi connectivity index (χ1) is 10.6. The van der Waals surface area contributed by atoms with Crippen molar-refractivity contribution >= 4 is 29.7 Å². The smallest absolute Gasteiger partial charge is 0.0585 e. The molecule has 0 heterocycles. The molecule has 0 fully saturated rings. The van der Waals surface area contributed by atoms with Crippen LogP contribution in [0.1, 0.15) is 24.8 Å². The molecule has 0 bridgehead atoms. The van der Waals surface area contributed by atoms with Gasteiger partial charge in [0.25, 0.3) is 0 Å². The Hall–Kier alpha value is -1.09. The lowest BCUT2D eigenvalue weighted by molar-refractivity contribution is 0.403. The lowest BCUT2D eigenvalue weighted by atomic mass is 9.97. The van der Waals surface area contributed by atoms with Crippen LogP contribution in [0.4, 0.5) is 0 Å². The van der Waals surface area contributed by atoms with Crippen LogP contribution >= 0.6 is 24.0 Å². The maximum atomic E-state index is 6.28. The maximum Gasteiger partial charge on any atom is 0.0585 e. The number of aryl methyl sites for hydroxylation is 1.